The average Bonchev–Trinajstić information content (AvgIpc) is 3.57. The Balaban J connectivity index is 1.80. The van der Waals surface area contributed by atoms with Gasteiger partial charge in [0.15, 0.2) is 5.13 Å². The highest BCUT2D eigenvalue weighted by atomic mass is 32.2. The van der Waals surface area contributed by atoms with E-state index in [4.69, 9.17) is 10.5 Å². The van der Waals surface area contributed by atoms with Crippen LogP contribution in [0.4, 0.5) is 9.52 Å². The maximum absolute atomic E-state index is 15.7. The van der Waals surface area contributed by atoms with Crippen LogP contribution in [-0.4, -0.2) is 41.1 Å². The number of amides is 1. The van der Waals surface area contributed by atoms with Crippen molar-refractivity contribution in [2.75, 3.05) is 11.3 Å². The van der Waals surface area contributed by atoms with Crippen LogP contribution in [0.2, 0.25) is 0 Å². The van der Waals surface area contributed by atoms with Crippen molar-refractivity contribution in [3.05, 3.63) is 52.5 Å². The molecular weight excluding hydrogens is 481 g/mol. The van der Waals surface area contributed by atoms with E-state index in [1.54, 1.807) is 11.4 Å². The summed E-state index contributed by atoms with van der Waals surface area (Å²) in [5.74, 6) is -1.98. The van der Waals surface area contributed by atoms with Crippen LogP contribution in [0.25, 0.3) is 11.3 Å². The number of nitrogens with one attached hydrogen (secondary N) is 1. The maximum Gasteiger partial charge on any atom is 0.251 e. The van der Waals surface area contributed by atoms with Crippen molar-refractivity contribution in [1.29, 1.82) is 0 Å². The number of sulfonamides is 1. The van der Waals surface area contributed by atoms with Crippen molar-refractivity contribution in [2.45, 2.75) is 44.3 Å². The number of carbonyl (C=O) groups excluding carboxylic acids is 1. The molecule has 4 rings (SSSR count). The zero-order chi connectivity index (χ0) is 24.5. The third-order valence-electron chi connectivity index (χ3n) is 5.45. The van der Waals surface area contributed by atoms with E-state index in [0.29, 0.717) is 42.8 Å². The van der Waals surface area contributed by atoms with E-state index in [2.05, 4.69) is 19.7 Å². The van der Waals surface area contributed by atoms with Crippen LogP contribution < -0.4 is 15.2 Å². The minimum absolute atomic E-state index is 0.184. The molecule has 0 saturated heterocycles. The van der Waals surface area contributed by atoms with Gasteiger partial charge in [0, 0.05) is 22.4 Å². The molecule has 1 amide bonds. The molecule has 34 heavy (non-hydrogen) atoms. The van der Waals surface area contributed by atoms with Gasteiger partial charge in [-0.15, -0.1) is 11.3 Å². The van der Waals surface area contributed by atoms with Gasteiger partial charge < -0.3 is 10.5 Å². The minimum atomic E-state index is -3.48. The third kappa shape index (κ3) is 4.87. The van der Waals surface area contributed by atoms with Gasteiger partial charge in [-0.3, -0.25) is 14.5 Å². The molecule has 0 radical (unpaired) electrons. The second-order valence-corrected chi connectivity index (χ2v) is 10.6. The van der Waals surface area contributed by atoms with Gasteiger partial charge in [0.2, 0.25) is 15.9 Å². The quantitative estimate of drug-likeness (QED) is 0.429. The summed E-state index contributed by atoms with van der Waals surface area (Å²) < 4.78 is 48.3. The Hall–Kier alpha value is -3.12. The number of primary amides is 1. The molecule has 1 fully saturated rings. The Kier molecular flexibility index (Phi) is 6.80. The lowest BCUT2D eigenvalue weighted by Crippen LogP contribution is -2.18. The van der Waals surface area contributed by atoms with Gasteiger partial charge in [0.25, 0.3) is 5.91 Å². The summed E-state index contributed by atoms with van der Waals surface area (Å²) in [7, 11) is -3.48. The highest BCUT2D eigenvalue weighted by Gasteiger charge is 2.36. The first-order valence-electron chi connectivity index (χ1n) is 10.8. The molecule has 12 heteroatoms. The minimum Gasteiger partial charge on any atom is -0.477 e. The third-order valence-corrected chi connectivity index (χ3v) is 8.19. The molecule has 0 aliphatic heterocycles. The van der Waals surface area contributed by atoms with Gasteiger partial charge in [0.1, 0.15) is 5.82 Å². The fraction of sp³-hybridized carbons (Fsp3) is 0.364. The number of hydrogen-bond acceptors (Lipinski definition) is 8. The number of nitrogens with two attached hydrogens (primary N) is 1. The van der Waals surface area contributed by atoms with Crippen molar-refractivity contribution in [2.24, 2.45) is 5.73 Å². The van der Waals surface area contributed by atoms with Gasteiger partial charge in [0.05, 0.1) is 41.2 Å². The fourth-order valence-corrected chi connectivity index (χ4v) is 6.04. The molecule has 2 heterocycles. The highest BCUT2D eigenvalue weighted by molar-refractivity contribution is 7.93. The number of nitrogens with zero attached hydrogens (tertiary/aromatic N) is 3. The van der Waals surface area contributed by atoms with Crippen LogP contribution in [0, 0.1) is 5.82 Å². The van der Waals surface area contributed by atoms with Crippen LogP contribution >= 0.6 is 11.3 Å². The Bertz CT molecular complexity index is 1320. The Morgan fingerprint density at radius 2 is 2.06 bits per heavy atom. The Labute approximate surface area is 200 Å². The lowest BCUT2D eigenvalue weighted by molar-refractivity contribution is 0.0996. The molecule has 0 spiro atoms. The van der Waals surface area contributed by atoms with E-state index >= 15 is 4.39 Å². The molecule has 1 aromatic carbocycles. The van der Waals surface area contributed by atoms with Gasteiger partial charge in [-0.1, -0.05) is 13.0 Å². The average molecular weight is 506 g/mol. The number of carbonyl (C=O) groups is 1. The van der Waals surface area contributed by atoms with Gasteiger partial charge >= 0.3 is 0 Å². The Morgan fingerprint density at radius 1 is 1.29 bits per heavy atom. The van der Waals surface area contributed by atoms with E-state index < -0.39 is 32.9 Å². The van der Waals surface area contributed by atoms with Crippen LogP contribution in [-0.2, 0) is 10.0 Å². The molecule has 1 unspecified atom stereocenters. The molecule has 1 saturated carbocycles. The monoisotopic (exact) mass is 505 g/mol. The topological polar surface area (TPSA) is 137 Å². The molecule has 9 nitrogen and oxygen atoms in total. The largest absolute Gasteiger partial charge is 0.477 e. The number of hydrogen-bond donors (Lipinski definition) is 2. The van der Waals surface area contributed by atoms with E-state index in [1.165, 1.54) is 18.5 Å². The van der Waals surface area contributed by atoms with Crippen molar-refractivity contribution in [3.63, 3.8) is 0 Å². The van der Waals surface area contributed by atoms with E-state index in [0.717, 1.165) is 11.3 Å². The first-order valence-corrected chi connectivity index (χ1v) is 13.2. The van der Waals surface area contributed by atoms with Crippen LogP contribution in [0.1, 0.15) is 60.6 Å². The molecule has 1 aliphatic carbocycles. The predicted molar refractivity (Wildman–Crippen MR) is 127 cm³/mol. The summed E-state index contributed by atoms with van der Waals surface area (Å²) in [6.07, 6.45) is 4.61. The first kappa shape index (κ1) is 24.0. The predicted octanol–water partition coefficient (Wildman–Crippen LogP) is 3.68. The smallest absolute Gasteiger partial charge is 0.251 e. The summed E-state index contributed by atoms with van der Waals surface area (Å²) in [6.45, 7) is 4.04. The van der Waals surface area contributed by atoms with Crippen molar-refractivity contribution < 1.29 is 22.3 Å². The molecule has 2 aromatic heterocycles. The number of anilines is 1. The normalized spacial score (nSPS) is 14.6. The Morgan fingerprint density at radius 3 is 2.71 bits per heavy atom. The van der Waals surface area contributed by atoms with Crippen LogP contribution in [0.5, 0.6) is 5.88 Å². The molecule has 0 bridgehead atoms. The number of halogens is 1. The number of aromatic nitrogens is 3. The zero-order valence-corrected chi connectivity index (χ0v) is 20.2. The van der Waals surface area contributed by atoms with E-state index in [1.807, 2.05) is 13.8 Å². The van der Waals surface area contributed by atoms with E-state index in [9.17, 15) is 13.2 Å². The molecule has 180 valence electrons. The SMILES string of the molecule is CCOc1cncc(-c2ccc(C(N)=O)c(F)c2C(CC)c2csc(NS(=O)(=O)C3CC3)n2)n1. The molecule has 1 atom stereocenters. The molecule has 3 aromatic rings. The molecular formula is C22H24FN5O4S2. The zero-order valence-electron chi connectivity index (χ0n) is 18.6. The van der Waals surface area contributed by atoms with Crippen molar-refractivity contribution in [1.82, 2.24) is 15.0 Å². The number of ether oxygens (including phenoxy) is 1. The number of benzene rings is 1. The van der Waals surface area contributed by atoms with Crippen molar-refractivity contribution >= 4 is 32.4 Å². The highest BCUT2D eigenvalue weighted by Crippen LogP contribution is 2.39. The number of rotatable bonds is 10. The first-order chi connectivity index (χ1) is 16.2. The molecule has 3 N–H and O–H groups in total. The summed E-state index contributed by atoms with van der Waals surface area (Å²) in [5, 5.41) is 1.50. The lowest BCUT2D eigenvalue weighted by atomic mass is 9.86. The summed E-state index contributed by atoms with van der Waals surface area (Å²) >= 11 is 1.12. The summed E-state index contributed by atoms with van der Waals surface area (Å²) in [5.41, 5.74) is 6.58. The number of thiazole rings is 1. The second-order valence-electron chi connectivity index (χ2n) is 7.81. The van der Waals surface area contributed by atoms with Gasteiger partial charge in [-0.05, 0) is 32.3 Å². The standard InChI is InChI=1S/C22H24FN5O4S2/c1-3-13(17-11-33-22(27-17)28-34(30,31)12-5-6-12)19-14(7-8-15(20(19)23)21(24)29)16-9-25-10-18(26-16)32-4-2/h7-13H,3-6H2,1-2H3,(H2,24,29)(H,27,28). The lowest BCUT2D eigenvalue weighted by Gasteiger charge is -2.20. The molecule has 1 aliphatic rings. The second kappa shape index (κ2) is 9.63. The summed E-state index contributed by atoms with van der Waals surface area (Å²) in [4.78, 5) is 24.9. The van der Waals surface area contributed by atoms with E-state index in [-0.39, 0.29) is 22.1 Å². The maximum atomic E-state index is 15.7. The fourth-order valence-electron chi connectivity index (χ4n) is 3.68. The van der Waals surface area contributed by atoms with Crippen LogP contribution in [0.3, 0.4) is 0 Å². The van der Waals surface area contributed by atoms with Gasteiger partial charge in [-0.2, -0.15) is 0 Å². The van der Waals surface area contributed by atoms with Crippen LogP contribution in [0.15, 0.2) is 29.9 Å². The van der Waals surface area contributed by atoms with Gasteiger partial charge in [-0.25, -0.2) is 22.8 Å². The van der Waals surface area contributed by atoms with Crippen molar-refractivity contribution in [3.8, 4) is 17.1 Å². The summed E-state index contributed by atoms with van der Waals surface area (Å²) in [6, 6.07) is 2.89.